The van der Waals surface area contributed by atoms with Crippen molar-refractivity contribution in [3.8, 4) is 5.75 Å². The molecule has 4 heteroatoms. The molecule has 0 radical (unpaired) electrons. The second-order valence-corrected chi connectivity index (χ2v) is 7.27. The average molecular weight is 256 g/mol. The van der Waals surface area contributed by atoms with Crippen LogP contribution >= 0.6 is 0 Å². The molecule has 0 aliphatic heterocycles. The molecular weight excluding hydrogens is 236 g/mol. The van der Waals surface area contributed by atoms with Gasteiger partial charge in [0, 0.05) is 0 Å². The minimum absolute atomic E-state index is 0.351. The third-order valence-electron chi connectivity index (χ3n) is 2.36. The Morgan fingerprint density at radius 2 is 1.59 bits per heavy atom. The van der Waals surface area contributed by atoms with Crippen LogP contribution in [0, 0.1) is 5.92 Å². The summed E-state index contributed by atoms with van der Waals surface area (Å²) in [6.07, 6.45) is 0. The first-order valence-corrected chi connectivity index (χ1v) is 7.35. The van der Waals surface area contributed by atoms with E-state index < -0.39 is 15.1 Å². The van der Waals surface area contributed by atoms with Gasteiger partial charge in [-0.15, -0.1) is 0 Å². The highest BCUT2D eigenvalue weighted by Gasteiger charge is 2.18. The predicted octanol–water partition coefficient (Wildman–Crippen LogP) is 2.90. The Labute approximate surface area is 104 Å². The fraction of sp³-hybridized carbons (Fsp3) is 0.538. The zero-order valence-corrected chi connectivity index (χ0v) is 11.6. The van der Waals surface area contributed by atoms with Crippen LogP contribution in [-0.4, -0.2) is 20.3 Å². The van der Waals surface area contributed by atoms with Gasteiger partial charge in [0.1, 0.15) is 5.75 Å². The van der Waals surface area contributed by atoms with E-state index in [-0.39, 0.29) is 0 Å². The van der Waals surface area contributed by atoms with E-state index in [0.717, 1.165) is 0 Å². The lowest BCUT2D eigenvalue weighted by molar-refractivity contribution is 0.271. The van der Waals surface area contributed by atoms with Gasteiger partial charge >= 0.3 is 0 Å². The molecule has 96 valence electrons. The maximum Gasteiger partial charge on any atom is 0.180 e. The Morgan fingerprint density at radius 1 is 1.06 bits per heavy atom. The third kappa shape index (κ3) is 3.73. The fourth-order valence-corrected chi connectivity index (χ4v) is 2.32. The lowest BCUT2D eigenvalue weighted by Gasteiger charge is -2.10. The minimum atomic E-state index is -3.18. The summed E-state index contributed by atoms with van der Waals surface area (Å²) in [7, 11) is -3.18. The Kier molecular flexibility index (Phi) is 4.57. The third-order valence-corrected chi connectivity index (χ3v) is 4.53. The Morgan fingerprint density at radius 3 is 2.00 bits per heavy atom. The van der Waals surface area contributed by atoms with Crippen molar-refractivity contribution in [2.24, 2.45) is 5.92 Å². The first kappa shape index (κ1) is 14.0. The van der Waals surface area contributed by atoms with Crippen LogP contribution in [0.15, 0.2) is 29.2 Å². The molecule has 1 aromatic rings. The smallest absolute Gasteiger partial charge is 0.180 e. The fourth-order valence-electron chi connectivity index (χ4n) is 1.26. The van der Waals surface area contributed by atoms with Crippen molar-refractivity contribution in [1.82, 2.24) is 0 Å². The van der Waals surface area contributed by atoms with E-state index >= 15 is 0 Å². The molecule has 17 heavy (non-hydrogen) atoms. The van der Waals surface area contributed by atoms with Gasteiger partial charge < -0.3 is 4.74 Å². The maximum absolute atomic E-state index is 11.9. The van der Waals surface area contributed by atoms with Gasteiger partial charge in [0.2, 0.25) is 0 Å². The number of hydrogen-bond donors (Lipinski definition) is 0. The molecule has 0 fully saturated rings. The molecular formula is C13H20O3S. The largest absolute Gasteiger partial charge is 0.493 e. The normalized spacial score (nSPS) is 12.1. The van der Waals surface area contributed by atoms with E-state index in [1.807, 2.05) is 0 Å². The zero-order chi connectivity index (χ0) is 13.1. The quantitative estimate of drug-likeness (QED) is 0.813. The molecule has 0 aromatic heterocycles. The van der Waals surface area contributed by atoms with Crippen LogP contribution < -0.4 is 4.74 Å². The van der Waals surface area contributed by atoms with Gasteiger partial charge in [0.15, 0.2) is 9.84 Å². The minimum Gasteiger partial charge on any atom is -0.493 e. The van der Waals surface area contributed by atoms with Crippen molar-refractivity contribution in [3.05, 3.63) is 24.3 Å². The number of benzene rings is 1. The van der Waals surface area contributed by atoms with Crippen molar-refractivity contribution in [3.63, 3.8) is 0 Å². The van der Waals surface area contributed by atoms with E-state index in [4.69, 9.17) is 4.74 Å². The lowest BCUT2D eigenvalue weighted by Crippen LogP contribution is -2.13. The molecule has 0 bridgehead atoms. The SMILES string of the molecule is CC(C)COc1ccc(S(=O)(=O)C(C)C)cc1. The summed E-state index contributed by atoms with van der Waals surface area (Å²) < 4.78 is 29.2. The van der Waals surface area contributed by atoms with E-state index in [0.29, 0.717) is 23.2 Å². The van der Waals surface area contributed by atoms with Crippen LogP contribution in [0.4, 0.5) is 0 Å². The lowest BCUT2D eigenvalue weighted by atomic mass is 10.2. The van der Waals surface area contributed by atoms with Crippen molar-refractivity contribution in [2.45, 2.75) is 37.8 Å². The van der Waals surface area contributed by atoms with Gasteiger partial charge in [-0.05, 0) is 44.0 Å². The molecule has 0 N–H and O–H groups in total. The zero-order valence-electron chi connectivity index (χ0n) is 10.8. The van der Waals surface area contributed by atoms with Gasteiger partial charge in [-0.1, -0.05) is 13.8 Å². The van der Waals surface area contributed by atoms with Gasteiger partial charge in [0.25, 0.3) is 0 Å². The predicted molar refractivity (Wildman–Crippen MR) is 69.1 cm³/mol. The van der Waals surface area contributed by atoms with Crippen LogP contribution in [0.1, 0.15) is 27.7 Å². The average Bonchev–Trinajstić information content (AvgIpc) is 2.26. The highest BCUT2D eigenvalue weighted by Crippen LogP contribution is 2.20. The molecule has 0 unspecified atom stereocenters. The van der Waals surface area contributed by atoms with Crippen LogP contribution in [0.5, 0.6) is 5.75 Å². The summed E-state index contributed by atoms with van der Waals surface area (Å²) >= 11 is 0. The number of hydrogen-bond acceptors (Lipinski definition) is 3. The van der Waals surface area contributed by atoms with E-state index in [1.165, 1.54) is 0 Å². The maximum atomic E-state index is 11.9. The topological polar surface area (TPSA) is 43.4 Å². The number of rotatable bonds is 5. The van der Waals surface area contributed by atoms with Crippen molar-refractivity contribution < 1.29 is 13.2 Å². The molecule has 0 aliphatic rings. The summed E-state index contributed by atoms with van der Waals surface area (Å²) in [4.78, 5) is 0.351. The van der Waals surface area contributed by atoms with E-state index in [1.54, 1.807) is 38.1 Å². The van der Waals surface area contributed by atoms with Gasteiger partial charge in [-0.2, -0.15) is 0 Å². The number of sulfone groups is 1. The highest BCUT2D eigenvalue weighted by molar-refractivity contribution is 7.92. The van der Waals surface area contributed by atoms with Crippen LogP contribution in [0.3, 0.4) is 0 Å². The summed E-state index contributed by atoms with van der Waals surface area (Å²) in [5.41, 5.74) is 0. The van der Waals surface area contributed by atoms with Gasteiger partial charge in [-0.25, -0.2) is 8.42 Å². The molecule has 0 saturated heterocycles. The molecule has 0 spiro atoms. The Hall–Kier alpha value is -1.03. The van der Waals surface area contributed by atoms with Crippen LogP contribution in [-0.2, 0) is 9.84 Å². The van der Waals surface area contributed by atoms with Crippen molar-refractivity contribution >= 4 is 9.84 Å². The van der Waals surface area contributed by atoms with Crippen LogP contribution in [0.2, 0.25) is 0 Å². The molecule has 0 amide bonds. The molecule has 0 saturated carbocycles. The first-order chi connectivity index (χ1) is 7.84. The van der Waals surface area contributed by atoms with Crippen molar-refractivity contribution in [1.29, 1.82) is 0 Å². The standard InChI is InChI=1S/C13H20O3S/c1-10(2)9-16-12-5-7-13(8-6-12)17(14,15)11(3)4/h5-8,10-11H,9H2,1-4H3. The monoisotopic (exact) mass is 256 g/mol. The molecule has 0 aliphatic carbocycles. The Bertz CT molecular complexity index is 444. The second-order valence-electron chi connectivity index (χ2n) is 4.77. The van der Waals surface area contributed by atoms with Crippen molar-refractivity contribution in [2.75, 3.05) is 6.61 Å². The molecule has 0 heterocycles. The first-order valence-electron chi connectivity index (χ1n) is 5.80. The van der Waals surface area contributed by atoms with Gasteiger partial charge in [0.05, 0.1) is 16.8 Å². The number of ether oxygens (including phenoxy) is 1. The summed E-state index contributed by atoms with van der Waals surface area (Å²) in [6.45, 7) is 8.13. The summed E-state index contributed by atoms with van der Waals surface area (Å²) in [5, 5.41) is -0.398. The second kappa shape index (κ2) is 5.54. The van der Waals surface area contributed by atoms with Gasteiger partial charge in [-0.3, -0.25) is 0 Å². The molecule has 1 aromatic carbocycles. The Balaban J connectivity index is 2.82. The highest BCUT2D eigenvalue weighted by atomic mass is 32.2. The van der Waals surface area contributed by atoms with E-state index in [2.05, 4.69) is 13.8 Å². The summed E-state index contributed by atoms with van der Waals surface area (Å²) in [6, 6.07) is 6.62. The van der Waals surface area contributed by atoms with E-state index in [9.17, 15) is 8.42 Å². The molecule has 1 rings (SSSR count). The summed E-state index contributed by atoms with van der Waals surface area (Å²) in [5.74, 6) is 1.16. The molecule has 0 atom stereocenters. The molecule has 3 nitrogen and oxygen atoms in total. The van der Waals surface area contributed by atoms with Crippen LogP contribution in [0.25, 0.3) is 0 Å².